The van der Waals surface area contributed by atoms with Gasteiger partial charge in [0.15, 0.2) is 0 Å². The predicted octanol–water partition coefficient (Wildman–Crippen LogP) is 2.85. The Bertz CT molecular complexity index is 492. The van der Waals surface area contributed by atoms with Gasteiger partial charge in [-0.15, -0.1) is 12.4 Å². The van der Waals surface area contributed by atoms with Crippen LogP contribution < -0.4 is 10.6 Å². The van der Waals surface area contributed by atoms with Crippen molar-refractivity contribution in [2.45, 2.75) is 57.7 Å². The normalized spacial score (nSPS) is 21.8. The highest BCUT2D eigenvalue weighted by Gasteiger charge is 2.21. The Morgan fingerprint density at radius 2 is 1.71 bits per heavy atom. The Labute approximate surface area is 151 Å². The summed E-state index contributed by atoms with van der Waals surface area (Å²) in [5.74, 6) is 0.135. The molecule has 0 aromatic heterocycles. The number of benzene rings is 1. The molecule has 3 rings (SSSR count). The molecule has 24 heavy (non-hydrogen) atoms. The van der Waals surface area contributed by atoms with Crippen LogP contribution in [0, 0.1) is 0 Å². The van der Waals surface area contributed by atoms with Gasteiger partial charge in [-0.3, -0.25) is 9.69 Å². The third-order valence-corrected chi connectivity index (χ3v) is 4.97. The number of rotatable bonds is 5. The second-order valence-electron chi connectivity index (χ2n) is 6.87. The van der Waals surface area contributed by atoms with E-state index in [1.165, 1.54) is 49.9 Å². The Balaban J connectivity index is 0.00000208. The summed E-state index contributed by atoms with van der Waals surface area (Å²) < 4.78 is 0. The molecule has 134 valence electrons. The fourth-order valence-electron chi connectivity index (χ4n) is 3.54. The number of carbonyl (C=O) groups is 1. The lowest BCUT2D eigenvalue weighted by molar-refractivity contribution is -0.122. The summed E-state index contributed by atoms with van der Waals surface area (Å²) in [6.07, 6.45) is 7.48. The number of hydrogen-bond donors (Lipinski definition) is 2. The molecule has 2 heterocycles. The third kappa shape index (κ3) is 5.76. The van der Waals surface area contributed by atoms with Crippen LogP contribution in [0.1, 0.15) is 49.7 Å². The van der Waals surface area contributed by atoms with E-state index in [0.717, 1.165) is 25.9 Å². The van der Waals surface area contributed by atoms with Crippen molar-refractivity contribution in [1.29, 1.82) is 0 Å². The fraction of sp³-hybridized carbons (Fsp3) is 0.632. The molecule has 0 bridgehead atoms. The lowest BCUT2D eigenvalue weighted by Gasteiger charge is -2.19. The van der Waals surface area contributed by atoms with Gasteiger partial charge >= 0.3 is 0 Å². The lowest BCUT2D eigenvalue weighted by atomic mass is 10.1. The van der Waals surface area contributed by atoms with Crippen molar-refractivity contribution in [2.24, 2.45) is 0 Å². The van der Waals surface area contributed by atoms with Crippen molar-refractivity contribution in [3.8, 4) is 0 Å². The van der Waals surface area contributed by atoms with Crippen LogP contribution in [0.2, 0.25) is 0 Å². The second-order valence-corrected chi connectivity index (χ2v) is 6.87. The van der Waals surface area contributed by atoms with Gasteiger partial charge in [0.2, 0.25) is 5.91 Å². The minimum absolute atomic E-state index is 0. The number of nitrogens with one attached hydrogen (secondary N) is 2. The van der Waals surface area contributed by atoms with Crippen LogP contribution in [0.4, 0.5) is 0 Å². The average Bonchev–Trinajstić information content (AvgIpc) is 3.00. The molecule has 2 N–H and O–H groups in total. The molecular formula is C19H30ClN3O. The van der Waals surface area contributed by atoms with Crippen LogP contribution in [0.25, 0.3) is 0 Å². The zero-order valence-corrected chi connectivity index (χ0v) is 15.2. The van der Waals surface area contributed by atoms with Gasteiger partial charge in [-0.1, -0.05) is 37.1 Å². The number of hydrogen-bond acceptors (Lipinski definition) is 3. The number of carbonyl (C=O) groups excluding carboxylic acids is 1. The molecule has 4 nitrogen and oxygen atoms in total. The Morgan fingerprint density at radius 1 is 1.04 bits per heavy atom. The lowest BCUT2D eigenvalue weighted by Crippen LogP contribution is -2.39. The highest BCUT2D eigenvalue weighted by molar-refractivity contribution is 5.85. The summed E-state index contributed by atoms with van der Waals surface area (Å²) in [4.78, 5) is 14.6. The zero-order valence-electron chi connectivity index (χ0n) is 14.4. The summed E-state index contributed by atoms with van der Waals surface area (Å²) in [6.45, 7) is 5.10. The van der Waals surface area contributed by atoms with Crippen molar-refractivity contribution in [2.75, 3.05) is 19.6 Å². The molecule has 1 atom stereocenters. The summed E-state index contributed by atoms with van der Waals surface area (Å²) in [6, 6.07) is 8.73. The molecule has 1 amide bonds. The van der Waals surface area contributed by atoms with Crippen LogP contribution in [-0.2, 0) is 17.9 Å². The summed E-state index contributed by atoms with van der Waals surface area (Å²) >= 11 is 0. The van der Waals surface area contributed by atoms with Gasteiger partial charge in [-0.25, -0.2) is 0 Å². The van der Waals surface area contributed by atoms with Crippen molar-refractivity contribution in [1.82, 2.24) is 15.5 Å². The van der Waals surface area contributed by atoms with E-state index in [4.69, 9.17) is 0 Å². The van der Waals surface area contributed by atoms with Gasteiger partial charge in [0.05, 0.1) is 6.04 Å². The van der Waals surface area contributed by atoms with Gasteiger partial charge in [-0.2, -0.15) is 0 Å². The number of likely N-dealkylation sites (tertiary alicyclic amines) is 1. The van der Waals surface area contributed by atoms with E-state index in [0.29, 0.717) is 6.54 Å². The van der Waals surface area contributed by atoms with E-state index >= 15 is 0 Å². The zero-order chi connectivity index (χ0) is 15.9. The number of amides is 1. The summed E-state index contributed by atoms with van der Waals surface area (Å²) in [5, 5.41) is 6.27. The summed E-state index contributed by atoms with van der Waals surface area (Å²) in [5.41, 5.74) is 2.55. The Kier molecular flexibility index (Phi) is 8.03. The number of nitrogens with zero attached hydrogens (tertiary/aromatic N) is 1. The van der Waals surface area contributed by atoms with Crippen molar-refractivity contribution >= 4 is 18.3 Å². The van der Waals surface area contributed by atoms with Gasteiger partial charge in [0.25, 0.3) is 0 Å². The molecule has 0 radical (unpaired) electrons. The van der Waals surface area contributed by atoms with E-state index in [9.17, 15) is 4.79 Å². The van der Waals surface area contributed by atoms with Gasteiger partial charge in [0, 0.05) is 13.1 Å². The topological polar surface area (TPSA) is 44.4 Å². The first-order valence-electron chi connectivity index (χ1n) is 9.12. The number of halogens is 1. The molecule has 0 saturated carbocycles. The molecule has 2 aliphatic rings. The molecule has 2 fully saturated rings. The van der Waals surface area contributed by atoms with Crippen LogP contribution in [-0.4, -0.2) is 36.5 Å². The van der Waals surface area contributed by atoms with E-state index in [-0.39, 0.29) is 24.4 Å². The smallest absolute Gasteiger partial charge is 0.237 e. The molecule has 2 saturated heterocycles. The molecule has 1 aromatic carbocycles. The first-order valence-corrected chi connectivity index (χ1v) is 9.12. The van der Waals surface area contributed by atoms with Crippen molar-refractivity contribution < 1.29 is 4.79 Å². The highest BCUT2D eigenvalue weighted by atomic mass is 35.5. The van der Waals surface area contributed by atoms with Crippen molar-refractivity contribution in [3.05, 3.63) is 35.4 Å². The molecule has 5 heteroatoms. The minimum atomic E-state index is 0. The summed E-state index contributed by atoms with van der Waals surface area (Å²) in [7, 11) is 0. The molecule has 0 spiro atoms. The SMILES string of the molecule is Cl.O=C(NCc1ccc(CN2CCCCCC2)cc1)[C@@H]1CCCN1. The maximum atomic E-state index is 12.0. The van der Waals surface area contributed by atoms with Gasteiger partial charge in [-0.05, 0) is 56.4 Å². The van der Waals surface area contributed by atoms with Crippen LogP contribution in [0.3, 0.4) is 0 Å². The largest absolute Gasteiger partial charge is 0.351 e. The quantitative estimate of drug-likeness (QED) is 0.857. The first-order chi connectivity index (χ1) is 11.3. The second kappa shape index (κ2) is 10.0. The maximum Gasteiger partial charge on any atom is 0.237 e. The third-order valence-electron chi connectivity index (χ3n) is 4.97. The molecule has 0 aliphatic carbocycles. The van der Waals surface area contributed by atoms with Crippen molar-refractivity contribution in [3.63, 3.8) is 0 Å². The standard InChI is InChI=1S/C19H29N3O.ClH/c23-19(18-6-5-11-20-18)21-14-16-7-9-17(10-8-16)15-22-12-3-1-2-4-13-22;/h7-10,18,20H,1-6,11-15H2,(H,21,23);1H/t18-;/m0./s1. The maximum absolute atomic E-state index is 12.0. The van der Waals surface area contributed by atoms with Crippen LogP contribution >= 0.6 is 12.4 Å². The van der Waals surface area contributed by atoms with E-state index in [1.807, 2.05) is 0 Å². The molecule has 0 unspecified atom stereocenters. The molecular weight excluding hydrogens is 322 g/mol. The Hall–Kier alpha value is -1.10. The first kappa shape index (κ1) is 19.2. The average molecular weight is 352 g/mol. The predicted molar refractivity (Wildman–Crippen MR) is 100 cm³/mol. The van der Waals surface area contributed by atoms with Gasteiger partial charge < -0.3 is 10.6 Å². The minimum Gasteiger partial charge on any atom is -0.351 e. The molecule has 1 aromatic rings. The fourth-order valence-corrected chi connectivity index (χ4v) is 3.54. The highest BCUT2D eigenvalue weighted by Crippen LogP contribution is 2.14. The van der Waals surface area contributed by atoms with Crippen LogP contribution in [0.15, 0.2) is 24.3 Å². The van der Waals surface area contributed by atoms with Gasteiger partial charge in [0.1, 0.15) is 0 Å². The van der Waals surface area contributed by atoms with E-state index in [1.54, 1.807) is 0 Å². The Morgan fingerprint density at radius 3 is 2.33 bits per heavy atom. The van der Waals surface area contributed by atoms with E-state index in [2.05, 4.69) is 39.8 Å². The monoisotopic (exact) mass is 351 g/mol. The van der Waals surface area contributed by atoms with Crippen LogP contribution in [0.5, 0.6) is 0 Å². The van der Waals surface area contributed by atoms with E-state index < -0.39 is 0 Å². The molecule has 2 aliphatic heterocycles.